The molecule has 0 amide bonds. The average Bonchev–Trinajstić information content (AvgIpc) is 2.15. The normalized spacial score (nSPS) is 12.4. The minimum atomic E-state index is -0.935. The highest BCUT2D eigenvalue weighted by atomic mass is 35.5. The van der Waals surface area contributed by atoms with Crippen molar-refractivity contribution in [2.75, 3.05) is 12.4 Å². The third kappa shape index (κ3) is 2.98. The Balaban J connectivity index is 3.08. The monoisotopic (exact) mass is 259 g/mol. The predicted octanol–water partition coefficient (Wildman–Crippen LogP) is 2.10. The van der Waals surface area contributed by atoms with Gasteiger partial charge in [-0.25, -0.2) is 9.97 Å². The van der Waals surface area contributed by atoms with Gasteiger partial charge in [0.05, 0.1) is 18.2 Å². The molecule has 0 radical (unpaired) electrons. The van der Waals surface area contributed by atoms with Crippen LogP contribution in [0.5, 0.6) is 5.75 Å². The Morgan fingerprint density at radius 3 is 2.35 bits per heavy atom. The molecule has 0 unspecified atom stereocenters. The lowest BCUT2D eigenvalue weighted by Gasteiger charge is -2.38. The quantitative estimate of drug-likeness (QED) is 0.811. The SMILES string of the molecule is COc1c(Cl)ncnc1NC(C)(C)C(C)(C)O. The number of halogens is 1. The second-order valence-corrected chi connectivity index (χ2v) is 5.21. The van der Waals surface area contributed by atoms with E-state index in [1.54, 1.807) is 13.8 Å². The highest BCUT2D eigenvalue weighted by Crippen LogP contribution is 2.33. The van der Waals surface area contributed by atoms with Gasteiger partial charge in [0.15, 0.2) is 16.7 Å². The Morgan fingerprint density at radius 1 is 1.29 bits per heavy atom. The summed E-state index contributed by atoms with van der Waals surface area (Å²) >= 11 is 5.89. The molecule has 0 atom stereocenters. The molecule has 1 heterocycles. The standard InChI is InChI=1S/C11H18ClN3O2/c1-10(2,11(3,4)16)15-9-7(17-5)8(12)13-6-14-9/h6,16H,1-5H3,(H,13,14,15). The zero-order valence-electron chi connectivity index (χ0n) is 10.7. The second-order valence-electron chi connectivity index (χ2n) is 4.86. The molecule has 0 aliphatic heterocycles. The third-order valence-corrected chi connectivity index (χ3v) is 3.19. The molecule has 0 fully saturated rings. The van der Waals surface area contributed by atoms with Gasteiger partial charge >= 0.3 is 0 Å². The van der Waals surface area contributed by atoms with Crippen molar-refractivity contribution >= 4 is 17.4 Å². The minimum absolute atomic E-state index is 0.233. The van der Waals surface area contributed by atoms with E-state index in [-0.39, 0.29) is 5.15 Å². The lowest BCUT2D eigenvalue weighted by molar-refractivity contribution is 0.0238. The highest BCUT2D eigenvalue weighted by Gasteiger charge is 2.36. The summed E-state index contributed by atoms with van der Waals surface area (Å²) in [6, 6.07) is 0. The van der Waals surface area contributed by atoms with Crippen LogP contribution in [-0.4, -0.2) is 33.3 Å². The summed E-state index contributed by atoms with van der Waals surface area (Å²) < 4.78 is 5.13. The molecule has 2 N–H and O–H groups in total. The van der Waals surface area contributed by atoms with Gasteiger partial charge in [-0.15, -0.1) is 0 Å². The highest BCUT2D eigenvalue weighted by molar-refractivity contribution is 6.31. The maximum absolute atomic E-state index is 10.1. The number of methoxy groups -OCH3 is 1. The number of nitrogens with one attached hydrogen (secondary N) is 1. The first-order valence-corrected chi connectivity index (χ1v) is 5.62. The van der Waals surface area contributed by atoms with Crippen LogP contribution in [0.1, 0.15) is 27.7 Å². The smallest absolute Gasteiger partial charge is 0.198 e. The number of hydrogen-bond acceptors (Lipinski definition) is 5. The van der Waals surface area contributed by atoms with Crippen LogP contribution in [0.4, 0.5) is 5.82 Å². The van der Waals surface area contributed by atoms with Gasteiger partial charge in [-0.3, -0.25) is 0 Å². The van der Waals surface area contributed by atoms with E-state index in [2.05, 4.69) is 15.3 Å². The maximum Gasteiger partial charge on any atom is 0.198 e. The molecule has 0 aliphatic rings. The third-order valence-electron chi connectivity index (χ3n) is 2.92. The average molecular weight is 260 g/mol. The van der Waals surface area contributed by atoms with Crippen LogP contribution in [0.15, 0.2) is 6.33 Å². The Labute approximate surface area is 106 Å². The van der Waals surface area contributed by atoms with Crippen molar-refractivity contribution in [3.8, 4) is 5.75 Å². The van der Waals surface area contributed by atoms with E-state index in [0.29, 0.717) is 11.6 Å². The minimum Gasteiger partial charge on any atom is -0.490 e. The first kappa shape index (κ1) is 14.0. The fraction of sp³-hybridized carbons (Fsp3) is 0.636. The zero-order chi connectivity index (χ0) is 13.3. The van der Waals surface area contributed by atoms with E-state index >= 15 is 0 Å². The summed E-state index contributed by atoms with van der Waals surface area (Å²) in [6.45, 7) is 7.16. The Hall–Kier alpha value is -1.07. The summed E-state index contributed by atoms with van der Waals surface area (Å²) in [5, 5.41) is 13.4. The number of aromatic nitrogens is 2. The van der Waals surface area contributed by atoms with Crippen molar-refractivity contribution in [2.45, 2.75) is 38.8 Å². The largest absolute Gasteiger partial charge is 0.490 e. The number of ether oxygens (including phenoxy) is 1. The predicted molar refractivity (Wildman–Crippen MR) is 67.6 cm³/mol. The zero-order valence-corrected chi connectivity index (χ0v) is 11.5. The molecule has 96 valence electrons. The molecule has 5 nitrogen and oxygen atoms in total. The van der Waals surface area contributed by atoms with Gasteiger partial charge in [-0.05, 0) is 27.7 Å². The van der Waals surface area contributed by atoms with Crippen LogP contribution in [0.2, 0.25) is 5.15 Å². The number of nitrogens with zero attached hydrogens (tertiary/aromatic N) is 2. The van der Waals surface area contributed by atoms with E-state index in [0.717, 1.165) is 0 Å². The van der Waals surface area contributed by atoms with Crippen LogP contribution in [0, 0.1) is 0 Å². The van der Waals surface area contributed by atoms with Gasteiger partial charge in [-0.1, -0.05) is 11.6 Å². The van der Waals surface area contributed by atoms with Crippen molar-refractivity contribution in [3.63, 3.8) is 0 Å². The molecule has 0 saturated heterocycles. The van der Waals surface area contributed by atoms with E-state index in [1.165, 1.54) is 13.4 Å². The number of anilines is 1. The summed E-state index contributed by atoms with van der Waals surface area (Å²) in [5.41, 5.74) is -1.53. The number of aliphatic hydroxyl groups is 1. The number of hydrogen-bond donors (Lipinski definition) is 2. The molecule has 1 aromatic rings. The van der Waals surface area contributed by atoms with Crippen molar-refractivity contribution < 1.29 is 9.84 Å². The molecule has 0 aliphatic carbocycles. The van der Waals surface area contributed by atoms with Crippen LogP contribution in [0.3, 0.4) is 0 Å². The van der Waals surface area contributed by atoms with Gasteiger partial charge in [0.2, 0.25) is 0 Å². The van der Waals surface area contributed by atoms with Crippen LogP contribution in [-0.2, 0) is 0 Å². The Morgan fingerprint density at radius 2 is 1.88 bits per heavy atom. The first-order valence-electron chi connectivity index (χ1n) is 5.24. The van der Waals surface area contributed by atoms with E-state index in [9.17, 15) is 5.11 Å². The molecule has 6 heteroatoms. The summed E-state index contributed by atoms with van der Waals surface area (Å²) in [7, 11) is 1.49. The van der Waals surface area contributed by atoms with Crippen molar-refractivity contribution in [2.24, 2.45) is 0 Å². The van der Waals surface area contributed by atoms with Crippen molar-refractivity contribution in [1.29, 1.82) is 0 Å². The molecular formula is C11H18ClN3O2. The number of rotatable bonds is 4. The molecule has 1 rings (SSSR count). The van der Waals surface area contributed by atoms with Crippen molar-refractivity contribution in [3.05, 3.63) is 11.5 Å². The molecule has 0 spiro atoms. The van der Waals surface area contributed by atoms with Gasteiger partial charge in [0.25, 0.3) is 0 Å². The van der Waals surface area contributed by atoms with Gasteiger partial charge in [0.1, 0.15) is 6.33 Å². The molecule has 0 bridgehead atoms. The fourth-order valence-electron chi connectivity index (χ4n) is 1.07. The van der Waals surface area contributed by atoms with Gasteiger partial charge in [0, 0.05) is 0 Å². The summed E-state index contributed by atoms with van der Waals surface area (Å²) in [5.74, 6) is 0.825. The van der Waals surface area contributed by atoms with Crippen LogP contribution < -0.4 is 10.1 Å². The molecule has 0 saturated carbocycles. The van der Waals surface area contributed by atoms with Crippen LogP contribution in [0.25, 0.3) is 0 Å². The molecule has 0 aromatic carbocycles. The topological polar surface area (TPSA) is 67.3 Å². The van der Waals surface area contributed by atoms with E-state index < -0.39 is 11.1 Å². The maximum atomic E-state index is 10.1. The van der Waals surface area contributed by atoms with Gasteiger partial charge in [-0.2, -0.15) is 0 Å². The molecule has 1 aromatic heterocycles. The second kappa shape index (κ2) is 4.66. The molecule has 17 heavy (non-hydrogen) atoms. The van der Waals surface area contributed by atoms with Crippen molar-refractivity contribution in [1.82, 2.24) is 9.97 Å². The summed E-state index contributed by atoms with van der Waals surface area (Å²) in [4.78, 5) is 7.90. The van der Waals surface area contributed by atoms with E-state index in [1.807, 2.05) is 13.8 Å². The fourth-order valence-corrected chi connectivity index (χ4v) is 1.28. The summed E-state index contributed by atoms with van der Waals surface area (Å²) in [6.07, 6.45) is 1.34. The van der Waals surface area contributed by atoms with Gasteiger partial charge < -0.3 is 15.2 Å². The Kier molecular flexibility index (Phi) is 3.84. The first-order chi connectivity index (χ1) is 7.69. The van der Waals surface area contributed by atoms with E-state index in [4.69, 9.17) is 16.3 Å². The van der Waals surface area contributed by atoms with Crippen LogP contribution >= 0.6 is 11.6 Å². The lowest BCUT2D eigenvalue weighted by Crippen LogP contribution is -2.51. The molecular weight excluding hydrogens is 242 g/mol. The lowest BCUT2D eigenvalue weighted by atomic mass is 9.86. The Bertz CT molecular complexity index is 402.